The van der Waals surface area contributed by atoms with Crippen LogP contribution in [0.25, 0.3) is 5.76 Å². The summed E-state index contributed by atoms with van der Waals surface area (Å²) in [5.41, 5.74) is 0.782. The normalized spacial score (nSPS) is 16.3. The lowest BCUT2D eigenvalue weighted by Gasteiger charge is -2.23. The molecule has 0 spiro atoms. The van der Waals surface area contributed by atoms with Crippen LogP contribution in [0.2, 0.25) is 0 Å². The number of aryl methyl sites for hydroxylation is 1. The molecule has 1 aromatic heterocycles. The SMILES string of the molecule is C=CCOC(=O)c1sc(N2C(=O)C(=O)C(=C(O)c3ccc(F)cc3)C2c2cccc(OCCCCC)c2)nc1C. The summed E-state index contributed by atoms with van der Waals surface area (Å²) in [5, 5.41) is 11.3. The molecule has 1 amide bonds. The maximum atomic E-state index is 13.6. The summed E-state index contributed by atoms with van der Waals surface area (Å²) in [4.78, 5) is 45.2. The van der Waals surface area contributed by atoms with Crippen molar-refractivity contribution in [3.63, 3.8) is 0 Å². The predicted molar refractivity (Wildman–Crippen MR) is 150 cm³/mol. The molecule has 8 nitrogen and oxygen atoms in total. The van der Waals surface area contributed by atoms with Crippen LogP contribution in [0.5, 0.6) is 5.75 Å². The molecule has 2 aromatic carbocycles. The average molecular weight is 565 g/mol. The molecular weight excluding hydrogens is 535 g/mol. The van der Waals surface area contributed by atoms with Crippen molar-refractivity contribution in [2.45, 2.75) is 39.2 Å². The van der Waals surface area contributed by atoms with Crippen molar-refractivity contribution in [1.29, 1.82) is 0 Å². The standard InChI is InChI=1S/C30H29FN2O6S/c1-4-6-7-16-38-22-10-8-9-20(17-22)24-23(25(34)19-11-13-21(31)14-12-19)26(35)28(36)33(24)30-32-18(3)27(40-30)29(37)39-15-5-2/h5,8-14,17,24,34H,2,4,6-7,15-16H2,1,3H3. The van der Waals surface area contributed by atoms with Crippen molar-refractivity contribution in [3.05, 3.63) is 94.3 Å². The summed E-state index contributed by atoms with van der Waals surface area (Å²) >= 11 is 0.902. The molecule has 1 saturated heterocycles. The maximum absolute atomic E-state index is 13.6. The molecule has 4 rings (SSSR count). The Bertz CT molecular complexity index is 1460. The first-order valence-corrected chi connectivity index (χ1v) is 13.6. The Morgan fingerprint density at radius 2 is 1.95 bits per heavy atom. The summed E-state index contributed by atoms with van der Waals surface area (Å²) in [6.07, 6.45) is 4.35. The summed E-state index contributed by atoms with van der Waals surface area (Å²) in [6, 6.07) is 10.8. The van der Waals surface area contributed by atoms with Crippen molar-refractivity contribution in [3.8, 4) is 5.75 Å². The largest absolute Gasteiger partial charge is 0.507 e. The Labute approximate surface area is 235 Å². The highest BCUT2D eigenvalue weighted by Crippen LogP contribution is 2.44. The molecule has 1 atom stereocenters. The van der Waals surface area contributed by atoms with Crippen molar-refractivity contribution >= 4 is 39.9 Å². The van der Waals surface area contributed by atoms with E-state index in [2.05, 4.69) is 18.5 Å². The number of unbranched alkanes of at least 4 members (excludes halogenated alkanes) is 2. The number of aromatic nitrogens is 1. The van der Waals surface area contributed by atoms with E-state index in [0.717, 1.165) is 47.6 Å². The monoisotopic (exact) mass is 564 g/mol. The third-order valence-electron chi connectivity index (χ3n) is 6.26. The van der Waals surface area contributed by atoms with Crippen LogP contribution < -0.4 is 9.64 Å². The Balaban J connectivity index is 1.83. The van der Waals surface area contributed by atoms with E-state index in [-0.39, 0.29) is 27.8 Å². The van der Waals surface area contributed by atoms with Gasteiger partial charge in [0.15, 0.2) is 5.13 Å². The van der Waals surface area contributed by atoms with Gasteiger partial charge in [0.25, 0.3) is 5.78 Å². The lowest BCUT2D eigenvalue weighted by atomic mass is 9.95. The van der Waals surface area contributed by atoms with Crippen LogP contribution in [-0.4, -0.2) is 41.0 Å². The van der Waals surface area contributed by atoms with E-state index in [9.17, 15) is 23.9 Å². The Hall–Kier alpha value is -4.31. The van der Waals surface area contributed by atoms with Crippen LogP contribution >= 0.6 is 11.3 Å². The number of aliphatic hydroxyl groups excluding tert-OH is 1. The van der Waals surface area contributed by atoms with Gasteiger partial charge in [-0.15, -0.1) is 0 Å². The fraction of sp³-hybridized carbons (Fsp3) is 0.267. The second-order valence-corrected chi connectivity index (χ2v) is 10.1. The highest BCUT2D eigenvalue weighted by Gasteiger charge is 2.48. The van der Waals surface area contributed by atoms with Gasteiger partial charge in [-0.2, -0.15) is 0 Å². The minimum absolute atomic E-state index is 0.00125. The van der Waals surface area contributed by atoms with E-state index in [0.29, 0.717) is 23.6 Å². The van der Waals surface area contributed by atoms with Gasteiger partial charge in [-0.1, -0.05) is 55.9 Å². The molecule has 40 heavy (non-hydrogen) atoms. The molecule has 1 N–H and O–H groups in total. The first kappa shape index (κ1) is 28.7. The van der Waals surface area contributed by atoms with Gasteiger partial charge >= 0.3 is 11.9 Å². The second kappa shape index (κ2) is 12.7. The minimum Gasteiger partial charge on any atom is -0.507 e. The molecule has 1 fully saturated rings. The van der Waals surface area contributed by atoms with Gasteiger partial charge in [0.05, 0.1) is 23.9 Å². The molecule has 208 valence electrons. The quantitative estimate of drug-likeness (QED) is 0.0746. The Morgan fingerprint density at radius 3 is 2.65 bits per heavy atom. The van der Waals surface area contributed by atoms with Crippen LogP contribution in [0.15, 0.2) is 66.8 Å². The fourth-order valence-corrected chi connectivity index (χ4v) is 5.29. The first-order valence-electron chi connectivity index (χ1n) is 12.8. The molecule has 1 aliphatic rings. The van der Waals surface area contributed by atoms with Crippen LogP contribution in [0.1, 0.15) is 58.7 Å². The van der Waals surface area contributed by atoms with Gasteiger partial charge in [0.2, 0.25) is 0 Å². The number of carbonyl (C=O) groups excluding carboxylic acids is 3. The molecule has 3 aromatic rings. The number of hydrogen-bond acceptors (Lipinski definition) is 8. The maximum Gasteiger partial charge on any atom is 0.350 e. The number of halogens is 1. The number of aliphatic hydroxyl groups is 1. The number of nitrogens with zero attached hydrogens (tertiary/aromatic N) is 2. The van der Waals surface area contributed by atoms with Crippen molar-refractivity contribution in [2.24, 2.45) is 0 Å². The number of anilines is 1. The molecule has 1 unspecified atom stereocenters. The van der Waals surface area contributed by atoms with Gasteiger partial charge in [0.1, 0.15) is 28.8 Å². The molecule has 2 heterocycles. The van der Waals surface area contributed by atoms with Crippen LogP contribution in [-0.2, 0) is 14.3 Å². The molecule has 0 saturated carbocycles. The summed E-state index contributed by atoms with van der Waals surface area (Å²) in [7, 11) is 0. The van der Waals surface area contributed by atoms with Crippen LogP contribution in [0.4, 0.5) is 9.52 Å². The van der Waals surface area contributed by atoms with E-state index in [1.807, 2.05) is 0 Å². The number of carbonyl (C=O) groups is 3. The topological polar surface area (TPSA) is 106 Å². The third kappa shape index (κ3) is 5.96. The summed E-state index contributed by atoms with van der Waals surface area (Å²) < 4.78 is 24.6. The van der Waals surface area contributed by atoms with Gasteiger partial charge < -0.3 is 14.6 Å². The predicted octanol–water partition coefficient (Wildman–Crippen LogP) is 6.13. The second-order valence-electron chi connectivity index (χ2n) is 9.10. The first-order chi connectivity index (χ1) is 19.3. The van der Waals surface area contributed by atoms with Crippen molar-refractivity contribution in [1.82, 2.24) is 4.98 Å². The molecule has 0 bridgehead atoms. The number of ketones is 1. The van der Waals surface area contributed by atoms with Crippen LogP contribution in [0, 0.1) is 12.7 Å². The van der Waals surface area contributed by atoms with Gasteiger partial charge in [-0.3, -0.25) is 14.5 Å². The Kier molecular flexibility index (Phi) is 9.11. The average Bonchev–Trinajstić information content (AvgIpc) is 3.46. The number of thiazole rings is 1. The number of Topliss-reactive ketones (excluding diaryl/α,β-unsaturated/α-hetero) is 1. The van der Waals surface area contributed by atoms with Crippen molar-refractivity contribution < 1.29 is 33.4 Å². The van der Waals surface area contributed by atoms with E-state index in [1.165, 1.54) is 18.2 Å². The van der Waals surface area contributed by atoms with E-state index in [4.69, 9.17) is 9.47 Å². The molecule has 0 radical (unpaired) electrons. The zero-order chi connectivity index (χ0) is 28.8. The number of hydrogen-bond donors (Lipinski definition) is 1. The molecule has 1 aliphatic heterocycles. The number of rotatable bonds is 11. The zero-order valence-electron chi connectivity index (χ0n) is 22.2. The highest BCUT2D eigenvalue weighted by atomic mass is 32.1. The number of benzene rings is 2. The molecular formula is C30H29FN2O6S. The summed E-state index contributed by atoms with van der Waals surface area (Å²) in [6.45, 7) is 7.71. The van der Waals surface area contributed by atoms with Crippen LogP contribution in [0.3, 0.4) is 0 Å². The highest BCUT2D eigenvalue weighted by molar-refractivity contribution is 7.17. The fourth-order valence-electron chi connectivity index (χ4n) is 4.30. The van der Waals surface area contributed by atoms with E-state index >= 15 is 0 Å². The Morgan fingerprint density at radius 1 is 1.20 bits per heavy atom. The third-order valence-corrected chi connectivity index (χ3v) is 7.40. The van der Waals surface area contributed by atoms with Gasteiger partial charge in [-0.05, 0) is 55.3 Å². The lowest BCUT2D eigenvalue weighted by molar-refractivity contribution is -0.132. The van der Waals surface area contributed by atoms with E-state index in [1.54, 1.807) is 31.2 Å². The minimum atomic E-state index is -1.09. The number of esters is 1. The molecule has 0 aliphatic carbocycles. The van der Waals surface area contributed by atoms with E-state index < -0.39 is 35.3 Å². The molecule has 10 heteroatoms. The van der Waals surface area contributed by atoms with Gasteiger partial charge in [0, 0.05) is 5.56 Å². The summed E-state index contributed by atoms with van der Waals surface area (Å²) in [5.74, 6) is -2.95. The van der Waals surface area contributed by atoms with Crippen molar-refractivity contribution in [2.75, 3.05) is 18.1 Å². The number of amides is 1. The smallest absolute Gasteiger partial charge is 0.350 e. The zero-order valence-corrected chi connectivity index (χ0v) is 23.0. The number of ether oxygens (including phenoxy) is 2. The van der Waals surface area contributed by atoms with Gasteiger partial charge in [-0.25, -0.2) is 14.2 Å². The lowest BCUT2D eigenvalue weighted by Crippen LogP contribution is -2.29.